The van der Waals surface area contributed by atoms with E-state index in [0.717, 1.165) is 25.1 Å². The van der Waals surface area contributed by atoms with Crippen molar-refractivity contribution in [3.05, 3.63) is 64.8 Å². The van der Waals surface area contributed by atoms with Gasteiger partial charge in [-0.15, -0.1) is 0 Å². The lowest BCUT2D eigenvalue weighted by Gasteiger charge is -2.32. The largest absolute Gasteiger partial charge is 0.338 e. The smallest absolute Gasteiger partial charge is 0.245 e. The second kappa shape index (κ2) is 7.43. The number of aromatic nitrogens is 3. The second-order valence-electron chi connectivity index (χ2n) is 7.94. The van der Waals surface area contributed by atoms with E-state index in [1.54, 1.807) is 0 Å². The Morgan fingerprint density at radius 3 is 2.94 bits per heavy atom. The summed E-state index contributed by atoms with van der Waals surface area (Å²) >= 11 is 11.8. The molecule has 1 aromatic carbocycles. The van der Waals surface area contributed by atoms with Crippen molar-refractivity contribution in [2.75, 3.05) is 18.4 Å². The van der Waals surface area contributed by atoms with Crippen molar-refractivity contribution in [3.8, 4) is 0 Å². The fourth-order valence-corrected chi connectivity index (χ4v) is 4.77. The molecular weight excluding hydrogens is 440 g/mol. The molecule has 3 heterocycles. The molecule has 2 atom stereocenters. The summed E-state index contributed by atoms with van der Waals surface area (Å²) in [6, 6.07) is 6.85. The van der Waals surface area contributed by atoms with Gasteiger partial charge in [-0.3, -0.25) is 4.79 Å². The van der Waals surface area contributed by atoms with Gasteiger partial charge in [0.1, 0.15) is 11.8 Å². The molecule has 2 aromatic heterocycles. The standard InChI is InChI=1S/C22H18Cl2FN5O/c1-2-17(31)30-8-7-12-9-22(12,10-30)16-6-5-15-20(29-16)21(27-11-26-15)28-14-4-3-13(23)18(24)19(14)25/h2-6,11-12H,1,7-10H2,(H,26,27,28). The SMILES string of the molecule is C=CC(=O)N1CCC2CC2(c2ccc3ncnc(Nc4ccc(Cl)c(Cl)c4F)c3n2)C1. The van der Waals surface area contributed by atoms with Gasteiger partial charge in [-0.2, -0.15) is 0 Å². The number of piperidine rings is 1. The van der Waals surface area contributed by atoms with Gasteiger partial charge in [-0.1, -0.05) is 29.8 Å². The predicted molar refractivity (Wildman–Crippen MR) is 118 cm³/mol. The van der Waals surface area contributed by atoms with Crippen molar-refractivity contribution in [2.24, 2.45) is 5.92 Å². The number of carbonyl (C=O) groups excluding carboxylic acids is 1. The molecule has 0 bridgehead atoms. The maximum atomic E-state index is 14.6. The molecule has 31 heavy (non-hydrogen) atoms. The number of fused-ring (bicyclic) bond motifs is 2. The Hall–Kier alpha value is -2.77. The van der Waals surface area contributed by atoms with Crippen molar-refractivity contribution in [1.82, 2.24) is 19.9 Å². The van der Waals surface area contributed by atoms with Crippen molar-refractivity contribution in [3.63, 3.8) is 0 Å². The zero-order valence-electron chi connectivity index (χ0n) is 16.4. The van der Waals surface area contributed by atoms with Crippen LogP contribution in [0.2, 0.25) is 10.0 Å². The lowest BCUT2D eigenvalue weighted by molar-refractivity contribution is -0.127. The van der Waals surface area contributed by atoms with Crippen LogP contribution in [0.15, 0.2) is 43.2 Å². The molecule has 5 rings (SSSR count). The minimum Gasteiger partial charge on any atom is -0.338 e. The monoisotopic (exact) mass is 457 g/mol. The zero-order chi connectivity index (χ0) is 21.8. The molecule has 1 aliphatic carbocycles. The highest BCUT2D eigenvalue weighted by Crippen LogP contribution is 2.58. The number of halogens is 3. The third kappa shape index (κ3) is 3.32. The molecule has 6 nitrogen and oxygen atoms in total. The van der Waals surface area contributed by atoms with E-state index in [4.69, 9.17) is 28.2 Å². The Morgan fingerprint density at radius 1 is 1.29 bits per heavy atom. The van der Waals surface area contributed by atoms with Crippen molar-refractivity contribution in [2.45, 2.75) is 18.3 Å². The topological polar surface area (TPSA) is 71.0 Å². The first-order valence-electron chi connectivity index (χ1n) is 9.87. The molecule has 1 aliphatic heterocycles. The Morgan fingerprint density at radius 2 is 2.13 bits per heavy atom. The number of pyridine rings is 1. The summed E-state index contributed by atoms with van der Waals surface area (Å²) in [7, 11) is 0. The highest BCUT2D eigenvalue weighted by molar-refractivity contribution is 6.42. The van der Waals surface area contributed by atoms with E-state index in [1.165, 1.54) is 24.5 Å². The van der Waals surface area contributed by atoms with E-state index in [0.29, 0.717) is 29.3 Å². The van der Waals surface area contributed by atoms with Crippen LogP contribution in [-0.2, 0) is 10.2 Å². The van der Waals surface area contributed by atoms with E-state index in [9.17, 15) is 9.18 Å². The minimum absolute atomic E-state index is 0.0636. The summed E-state index contributed by atoms with van der Waals surface area (Å²) < 4.78 is 14.6. The third-order valence-electron chi connectivity index (χ3n) is 6.22. The summed E-state index contributed by atoms with van der Waals surface area (Å²) in [6.07, 6.45) is 4.66. The number of carbonyl (C=O) groups is 1. The van der Waals surface area contributed by atoms with Crippen LogP contribution in [0.25, 0.3) is 11.0 Å². The Kier molecular flexibility index (Phi) is 4.83. The number of amides is 1. The number of benzene rings is 1. The summed E-state index contributed by atoms with van der Waals surface area (Å²) in [6.45, 7) is 4.94. The van der Waals surface area contributed by atoms with Gasteiger partial charge in [0.05, 0.1) is 21.2 Å². The molecule has 0 radical (unpaired) electrons. The molecule has 3 aromatic rings. The quantitative estimate of drug-likeness (QED) is 0.445. The molecule has 0 spiro atoms. The molecule has 1 saturated carbocycles. The van der Waals surface area contributed by atoms with E-state index in [-0.39, 0.29) is 27.1 Å². The molecule has 1 saturated heterocycles. The average molecular weight is 458 g/mol. The van der Waals surface area contributed by atoms with E-state index in [1.807, 2.05) is 17.0 Å². The van der Waals surface area contributed by atoms with Gasteiger partial charge in [0.2, 0.25) is 5.91 Å². The minimum atomic E-state index is -0.663. The fraction of sp³-hybridized carbons (Fsp3) is 0.273. The Labute approximate surface area is 188 Å². The number of likely N-dealkylation sites (tertiary alicyclic amines) is 1. The van der Waals surface area contributed by atoms with Gasteiger partial charge >= 0.3 is 0 Å². The molecule has 1 amide bonds. The summed E-state index contributed by atoms with van der Waals surface area (Å²) in [5, 5.41) is 2.94. The summed E-state index contributed by atoms with van der Waals surface area (Å²) in [4.78, 5) is 27.4. The van der Waals surface area contributed by atoms with E-state index < -0.39 is 5.82 Å². The summed E-state index contributed by atoms with van der Waals surface area (Å²) in [5.41, 5.74) is 2.01. The Bertz CT molecular complexity index is 1240. The normalized spacial score (nSPS) is 22.2. The van der Waals surface area contributed by atoms with Gasteiger partial charge in [-0.05, 0) is 49.1 Å². The molecule has 1 N–H and O–H groups in total. The summed E-state index contributed by atoms with van der Waals surface area (Å²) in [5.74, 6) is 0.127. The van der Waals surface area contributed by atoms with Gasteiger partial charge in [0.15, 0.2) is 11.6 Å². The van der Waals surface area contributed by atoms with Gasteiger partial charge in [0.25, 0.3) is 0 Å². The predicted octanol–water partition coefficient (Wildman–Crippen LogP) is 4.89. The molecule has 2 fully saturated rings. The van der Waals surface area contributed by atoms with E-state index in [2.05, 4.69) is 21.9 Å². The first-order valence-corrected chi connectivity index (χ1v) is 10.6. The van der Waals surface area contributed by atoms with Crippen molar-refractivity contribution >= 4 is 51.6 Å². The van der Waals surface area contributed by atoms with Crippen molar-refractivity contribution < 1.29 is 9.18 Å². The highest BCUT2D eigenvalue weighted by atomic mass is 35.5. The van der Waals surface area contributed by atoms with Gasteiger partial charge < -0.3 is 10.2 Å². The van der Waals surface area contributed by atoms with Crippen LogP contribution in [-0.4, -0.2) is 38.8 Å². The van der Waals surface area contributed by atoms with Crippen LogP contribution >= 0.6 is 23.2 Å². The number of anilines is 2. The van der Waals surface area contributed by atoms with Gasteiger partial charge in [-0.25, -0.2) is 19.3 Å². The second-order valence-corrected chi connectivity index (χ2v) is 8.73. The number of nitrogens with zero attached hydrogens (tertiary/aromatic N) is 4. The van der Waals surface area contributed by atoms with Crippen LogP contribution in [0.3, 0.4) is 0 Å². The molecule has 158 valence electrons. The van der Waals surface area contributed by atoms with Crippen LogP contribution in [0.4, 0.5) is 15.9 Å². The lowest BCUT2D eigenvalue weighted by atomic mass is 9.92. The first-order chi connectivity index (χ1) is 14.9. The third-order valence-corrected chi connectivity index (χ3v) is 7.00. The van der Waals surface area contributed by atoms with Crippen LogP contribution in [0.5, 0.6) is 0 Å². The zero-order valence-corrected chi connectivity index (χ0v) is 17.9. The average Bonchev–Trinajstić information content (AvgIpc) is 3.54. The van der Waals surface area contributed by atoms with Crippen LogP contribution < -0.4 is 5.32 Å². The molecule has 2 aliphatic rings. The molecule has 2 unspecified atom stereocenters. The number of hydrogen-bond acceptors (Lipinski definition) is 5. The maximum Gasteiger partial charge on any atom is 0.245 e. The van der Waals surface area contributed by atoms with Crippen molar-refractivity contribution in [1.29, 1.82) is 0 Å². The van der Waals surface area contributed by atoms with Gasteiger partial charge in [0, 0.05) is 24.2 Å². The molecular formula is C22H18Cl2FN5O. The van der Waals surface area contributed by atoms with E-state index >= 15 is 0 Å². The number of hydrogen-bond donors (Lipinski definition) is 1. The number of nitrogens with one attached hydrogen (secondary N) is 1. The van der Waals surface area contributed by atoms with Crippen LogP contribution in [0, 0.1) is 11.7 Å². The Balaban J connectivity index is 1.53. The fourth-order valence-electron chi connectivity index (χ4n) is 4.45. The lowest BCUT2D eigenvalue weighted by Crippen LogP contribution is -2.42. The maximum absolute atomic E-state index is 14.6. The van der Waals surface area contributed by atoms with Crippen LogP contribution in [0.1, 0.15) is 18.5 Å². The number of rotatable bonds is 4. The molecule has 9 heteroatoms. The first kappa shape index (κ1) is 20.2. The highest BCUT2D eigenvalue weighted by Gasteiger charge is 2.59.